The summed E-state index contributed by atoms with van der Waals surface area (Å²) < 4.78 is 12.8. The number of aromatic nitrogens is 1. The molecule has 35 heavy (non-hydrogen) atoms. The second kappa shape index (κ2) is 8.66. The highest BCUT2D eigenvalue weighted by molar-refractivity contribution is 7.07. The first-order chi connectivity index (χ1) is 16.8. The number of methoxy groups -OCH3 is 1. The van der Waals surface area contributed by atoms with Crippen molar-refractivity contribution in [2.45, 2.75) is 32.9 Å². The van der Waals surface area contributed by atoms with Crippen LogP contribution >= 0.6 is 11.3 Å². The number of hydrogen-bond donors (Lipinski definition) is 1. The highest BCUT2D eigenvalue weighted by Gasteiger charge is 2.36. The van der Waals surface area contributed by atoms with E-state index in [1.165, 1.54) is 11.7 Å². The lowest BCUT2D eigenvalue weighted by Gasteiger charge is -2.26. The predicted molar refractivity (Wildman–Crippen MR) is 132 cm³/mol. The van der Waals surface area contributed by atoms with Crippen molar-refractivity contribution in [2.24, 2.45) is 4.99 Å². The van der Waals surface area contributed by atoms with E-state index in [1.807, 2.05) is 44.2 Å². The van der Waals surface area contributed by atoms with Crippen LogP contribution in [0.25, 0.3) is 5.57 Å². The Balaban J connectivity index is 1.84. The summed E-state index contributed by atoms with van der Waals surface area (Å²) in [5.74, 6) is -0.385. The van der Waals surface area contributed by atoms with E-state index in [9.17, 15) is 14.4 Å². The van der Waals surface area contributed by atoms with Crippen molar-refractivity contribution in [1.29, 1.82) is 0 Å². The van der Waals surface area contributed by atoms with E-state index in [0.29, 0.717) is 38.6 Å². The van der Waals surface area contributed by atoms with Gasteiger partial charge >= 0.3 is 5.97 Å². The molecule has 0 fully saturated rings. The number of carbonyl (C=O) groups excluding carboxylic acids is 2. The Kier molecular flexibility index (Phi) is 5.64. The maximum Gasteiger partial charge on any atom is 0.338 e. The number of benzene rings is 2. The summed E-state index contributed by atoms with van der Waals surface area (Å²) in [6.45, 7) is 5.52. The van der Waals surface area contributed by atoms with Gasteiger partial charge in [0.15, 0.2) is 4.80 Å². The molecule has 3 aromatic rings. The summed E-state index contributed by atoms with van der Waals surface area (Å²) in [4.78, 5) is 44.7. The second-order valence-corrected chi connectivity index (χ2v) is 9.45. The first kappa shape index (κ1) is 22.8. The largest absolute Gasteiger partial charge is 0.491 e. The topological polar surface area (TPSA) is 99.0 Å². The fraction of sp³-hybridized carbons (Fsp3) is 0.231. The molecule has 9 heteroatoms. The molecule has 3 heterocycles. The average Bonchev–Trinajstić information content (AvgIpc) is 3.32. The van der Waals surface area contributed by atoms with E-state index in [0.717, 1.165) is 11.3 Å². The highest BCUT2D eigenvalue weighted by atomic mass is 32.1. The molecule has 0 spiro atoms. The molecule has 1 atom stereocenters. The van der Waals surface area contributed by atoms with Crippen molar-refractivity contribution in [3.63, 3.8) is 0 Å². The molecule has 1 unspecified atom stereocenters. The van der Waals surface area contributed by atoms with Gasteiger partial charge in [-0.1, -0.05) is 47.7 Å². The molecule has 178 valence electrons. The first-order valence-electron chi connectivity index (χ1n) is 11.1. The van der Waals surface area contributed by atoms with Crippen LogP contribution in [-0.2, 0) is 14.3 Å². The standard InChI is InChI=1S/C26H23N3O5S/c1-13(2)34-18-12-8-6-10-16(18)21-19(25(32)33-4)14(3)27-26-29(21)24(31)22(35-26)20-15-9-5-7-11-17(15)28-23(20)30/h5-13,21H,1-4H3,(H,28,30). The Labute approximate surface area is 204 Å². The van der Waals surface area contributed by atoms with Crippen molar-refractivity contribution in [1.82, 2.24) is 4.57 Å². The van der Waals surface area contributed by atoms with Gasteiger partial charge < -0.3 is 14.8 Å². The zero-order valence-electron chi connectivity index (χ0n) is 19.6. The molecule has 0 bridgehead atoms. The number of esters is 1. The van der Waals surface area contributed by atoms with Gasteiger partial charge in [0.25, 0.3) is 11.5 Å². The number of nitrogens with one attached hydrogen (secondary N) is 1. The Morgan fingerprint density at radius 3 is 2.57 bits per heavy atom. The molecule has 2 aliphatic rings. The third kappa shape index (κ3) is 3.68. The molecule has 1 N–H and O–H groups in total. The number of anilines is 1. The maximum atomic E-state index is 13.9. The average molecular weight is 490 g/mol. The lowest BCUT2D eigenvalue weighted by Crippen LogP contribution is -2.40. The monoisotopic (exact) mass is 489 g/mol. The Hall–Kier alpha value is -3.98. The van der Waals surface area contributed by atoms with Gasteiger partial charge in [-0.05, 0) is 32.9 Å². The van der Waals surface area contributed by atoms with E-state index in [1.54, 1.807) is 25.1 Å². The first-order valence-corrected chi connectivity index (χ1v) is 11.9. The summed E-state index contributed by atoms with van der Waals surface area (Å²) in [6, 6.07) is 13.7. The van der Waals surface area contributed by atoms with Gasteiger partial charge in [0, 0.05) is 16.8 Å². The van der Waals surface area contributed by atoms with Crippen molar-refractivity contribution < 1.29 is 19.1 Å². The van der Waals surface area contributed by atoms with Crippen LogP contribution in [0.4, 0.5) is 5.69 Å². The van der Waals surface area contributed by atoms with Gasteiger partial charge in [-0.25, -0.2) is 9.79 Å². The molecule has 8 nitrogen and oxygen atoms in total. The molecule has 0 saturated heterocycles. The second-order valence-electron chi connectivity index (χ2n) is 8.47. The molecule has 5 rings (SSSR count). The maximum absolute atomic E-state index is 13.9. The Morgan fingerprint density at radius 1 is 1.11 bits per heavy atom. The van der Waals surface area contributed by atoms with Crippen molar-refractivity contribution in [3.05, 3.63) is 90.6 Å². The summed E-state index contributed by atoms with van der Waals surface area (Å²) >= 11 is 1.13. The SMILES string of the molecule is COC(=O)C1=C(C)N=c2sc(=C3C(=O)Nc4ccccc43)c(=O)n2C1c1ccccc1OC(C)C. The number of thiazole rings is 1. The van der Waals surface area contributed by atoms with Crippen LogP contribution in [-0.4, -0.2) is 29.7 Å². The Bertz CT molecular complexity index is 1600. The van der Waals surface area contributed by atoms with Gasteiger partial charge in [0.05, 0.1) is 30.1 Å². The minimum Gasteiger partial charge on any atom is -0.491 e. The summed E-state index contributed by atoms with van der Waals surface area (Å²) in [5, 5.41) is 2.82. The lowest BCUT2D eigenvalue weighted by atomic mass is 9.95. The summed E-state index contributed by atoms with van der Waals surface area (Å²) in [5.41, 5.74) is 2.51. The van der Waals surface area contributed by atoms with E-state index in [2.05, 4.69) is 10.3 Å². The number of allylic oxidation sites excluding steroid dienone is 1. The van der Waals surface area contributed by atoms with Gasteiger partial charge in [0.1, 0.15) is 16.3 Å². The van der Waals surface area contributed by atoms with Crippen molar-refractivity contribution >= 4 is 34.5 Å². The molecule has 0 aliphatic carbocycles. The number of nitrogens with zero attached hydrogens (tertiary/aromatic N) is 2. The molecule has 2 aromatic carbocycles. The predicted octanol–water partition coefficient (Wildman–Crippen LogP) is 2.52. The van der Waals surface area contributed by atoms with Crippen LogP contribution in [0.2, 0.25) is 0 Å². The van der Waals surface area contributed by atoms with Crippen molar-refractivity contribution in [3.8, 4) is 5.75 Å². The molecule has 1 aromatic heterocycles. The number of ether oxygens (including phenoxy) is 2. The van der Waals surface area contributed by atoms with Crippen LogP contribution in [0.1, 0.15) is 37.9 Å². The number of amides is 1. The van der Waals surface area contributed by atoms with Crippen LogP contribution in [0.3, 0.4) is 0 Å². The quantitative estimate of drug-likeness (QED) is 0.568. The van der Waals surface area contributed by atoms with Crippen molar-refractivity contribution in [2.75, 3.05) is 12.4 Å². The third-order valence-electron chi connectivity index (χ3n) is 5.88. The minimum absolute atomic E-state index is 0.125. The molecule has 2 aliphatic heterocycles. The molecule has 0 radical (unpaired) electrons. The fourth-order valence-electron chi connectivity index (χ4n) is 4.45. The van der Waals surface area contributed by atoms with Crippen LogP contribution in [0, 0.1) is 0 Å². The van der Waals surface area contributed by atoms with E-state index in [4.69, 9.17) is 9.47 Å². The molecular weight excluding hydrogens is 466 g/mol. The normalized spacial score (nSPS) is 18.1. The zero-order chi connectivity index (χ0) is 24.9. The Morgan fingerprint density at radius 2 is 1.83 bits per heavy atom. The van der Waals surface area contributed by atoms with Gasteiger partial charge in [-0.15, -0.1) is 0 Å². The van der Waals surface area contributed by atoms with Gasteiger partial charge in [-0.2, -0.15) is 0 Å². The zero-order valence-corrected chi connectivity index (χ0v) is 20.4. The number of rotatable bonds is 4. The van der Waals surface area contributed by atoms with Crippen LogP contribution in [0.15, 0.2) is 69.6 Å². The minimum atomic E-state index is -0.831. The van der Waals surface area contributed by atoms with Crippen LogP contribution < -0.4 is 24.9 Å². The number of fused-ring (bicyclic) bond motifs is 2. The fourth-order valence-corrected chi connectivity index (χ4v) is 5.59. The number of hydrogen-bond acceptors (Lipinski definition) is 7. The van der Waals surface area contributed by atoms with Gasteiger partial charge in [0.2, 0.25) is 0 Å². The molecule has 1 amide bonds. The number of carbonyl (C=O) groups is 2. The summed E-state index contributed by atoms with van der Waals surface area (Å²) in [7, 11) is 1.29. The third-order valence-corrected chi connectivity index (χ3v) is 6.93. The van der Waals surface area contributed by atoms with E-state index < -0.39 is 17.6 Å². The lowest BCUT2D eigenvalue weighted by molar-refractivity contribution is -0.136. The smallest absolute Gasteiger partial charge is 0.338 e. The summed E-state index contributed by atoms with van der Waals surface area (Å²) in [6.07, 6.45) is -0.125. The van der Waals surface area contributed by atoms with E-state index in [-0.39, 0.29) is 22.1 Å². The molecular formula is C26H23N3O5S. The highest BCUT2D eigenvalue weighted by Crippen LogP contribution is 2.36. The van der Waals surface area contributed by atoms with Crippen LogP contribution in [0.5, 0.6) is 5.75 Å². The van der Waals surface area contributed by atoms with E-state index >= 15 is 0 Å². The molecule has 0 saturated carbocycles. The number of para-hydroxylation sites is 2. The van der Waals surface area contributed by atoms with Gasteiger partial charge in [-0.3, -0.25) is 14.2 Å².